The minimum absolute atomic E-state index is 0.609. The molecule has 0 amide bonds. The highest BCUT2D eigenvalue weighted by Crippen LogP contribution is 2.28. The maximum Gasteiger partial charge on any atom is 0.00976 e. The van der Waals surface area contributed by atoms with E-state index in [1.165, 1.54) is 25.7 Å². The third-order valence-electron chi connectivity index (χ3n) is 2.83. The topological polar surface area (TPSA) is 12.0 Å². The molecule has 1 saturated carbocycles. The maximum atomic E-state index is 4.02. The summed E-state index contributed by atoms with van der Waals surface area (Å²) in [6.45, 7) is 8.46. The third-order valence-corrected chi connectivity index (χ3v) is 2.83. The van der Waals surface area contributed by atoms with Gasteiger partial charge in [0.25, 0.3) is 0 Å². The summed E-state index contributed by atoms with van der Waals surface area (Å²) in [5.41, 5.74) is 0. The van der Waals surface area contributed by atoms with Crippen molar-refractivity contribution in [2.45, 2.75) is 58.0 Å². The van der Waals surface area contributed by atoms with Gasteiger partial charge in [-0.05, 0) is 25.2 Å². The highest BCUT2D eigenvalue weighted by Gasteiger charge is 2.23. The van der Waals surface area contributed by atoms with Gasteiger partial charge in [-0.15, -0.1) is 0 Å². The van der Waals surface area contributed by atoms with Gasteiger partial charge in [-0.1, -0.05) is 33.6 Å². The number of rotatable bonds is 4. The van der Waals surface area contributed by atoms with Crippen LogP contribution in [0, 0.1) is 12.8 Å². The molecular formula is C11H22N. The molecule has 1 radical (unpaired) electrons. The van der Waals surface area contributed by atoms with Gasteiger partial charge in [0, 0.05) is 12.1 Å². The summed E-state index contributed by atoms with van der Waals surface area (Å²) in [7, 11) is 0. The molecule has 0 aliphatic heterocycles. The van der Waals surface area contributed by atoms with Gasteiger partial charge in [0.05, 0.1) is 0 Å². The summed E-state index contributed by atoms with van der Waals surface area (Å²) in [6, 6.07) is 1.28. The zero-order valence-corrected chi connectivity index (χ0v) is 8.47. The molecule has 0 aromatic carbocycles. The van der Waals surface area contributed by atoms with Crippen LogP contribution in [0.3, 0.4) is 0 Å². The lowest BCUT2D eigenvalue weighted by atomic mass is 9.95. The monoisotopic (exact) mass is 168 g/mol. The van der Waals surface area contributed by atoms with Crippen LogP contribution in [0.25, 0.3) is 0 Å². The summed E-state index contributed by atoms with van der Waals surface area (Å²) >= 11 is 0. The molecule has 0 aromatic rings. The summed E-state index contributed by atoms with van der Waals surface area (Å²) in [5.74, 6) is 0.907. The fraction of sp³-hybridized carbons (Fsp3) is 0.909. The van der Waals surface area contributed by atoms with Crippen molar-refractivity contribution in [3.8, 4) is 0 Å². The second-order valence-corrected chi connectivity index (χ2v) is 4.26. The average molecular weight is 168 g/mol. The first kappa shape index (κ1) is 10.0. The number of hydrogen-bond acceptors (Lipinski definition) is 1. The van der Waals surface area contributed by atoms with E-state index < -0.39 is 0 Å². The fourth-order valence-corrected chi connectivity index (χ4v) is 2.24. The molecule has 1 heteroatoms. The van der Waals surface area contributed by atoms with E-state index in [0.717, 1.165) is 12.3 Å². The summed E-state index contributed by atoms with van der Waals surface area (Å²) in [5, 5.41) is 3.61. The molecule has 0 aromatic heterocycles. The summed E-state index contributed by atoms with van der Waals surface area (Å²) < 4.78 is 0. The molecule has 1 rings (SSSR count). The van der Waals surface area contributed by atoms with Crippen LogP contribution in [0.1, 0.15) is 46.0 Å². The fourth-order valence-electron chi connectivity index (χ4n) is 2.24. The van der Waals surface area contributed by atoms with Gasteiger partial charge in [0.15, 0.2) is 0 Å². The predicted molar refractivity (Wildman–Crippen MR) is 54.0 cm³/mol. The van der Waals surface area contributed by atoms with Crippen molar-refractivity contribution >= 4 is 0 Å². The molecule has 1 nitrogen and oxygen atoms in total. The molecule has 12 heavy (non-hydrogen) atoms. The van der Waals surface area contributed by atoms with E-state index in [1.807, 2.05) is 0 Å². The Morgan fingerprint density at radius 1 is 1.33 bits per heavy atom. The van der Waals surface area contributed by atoms with Crippen LogP contribution in [0.15, 0.2) is 0 Å². The summed E-state index contributed by atoms with van der Waals surface area (Å²) in [6.07, 6.45) is 6.74. The lowest BCUT2D eigenvalue weighted by Gasteiger charge is -2.25. The molecule has 1 unspecified atom stereocenters. The maximum absolute atomic E-state index is 4.02. The van der Waals surface area contributed by atoms with Crippen LogP contribution in [0.5, 0.6) is 0 Å². The van der Waals surface area contributed by atoms with E-state index in [1.54, 1.807) is 0 Å². The lowest BCUT2D eigenvalue weighted by Crippen LogP contribution is -2.39. The zero-order chi connectivity index (χ0) is 8.97. The second kappa shape index (κ2) is 4.86. The van der Waals surface area contributed by atoms with E-state index in [2.05, 4.69) is 26.1 Å². The minimum Gasteiger partial charge on any atom is -0.312 e. The quantitative estimate of drug-likeness (QED) is 0.680. The van der Waals surface area contributed by atoms with Crippen molar-refractivity contribution in [2.24, 2.45) is 5.92 Å². The molecule has 1 aliphatic carbocycles. The molecule has 71 valence electrons. The average Bonchev–Trinajstić information content (AvgIpc) is 2.51. The van der Waals surface area contributed by atoms with E-state index in [-0.39, 0.29) is 0 Å². The van der Waals surface area contributed by atoms with Crippen LogP contribution in [0.4, 0.5) is 0 Å². The molecule has 1 atom stereocenters. The molecule has 0 heterocycles. The molecule has 0 bridgehead atoms. The van der Waals surface area contributed by atoms with Crippen molar-refractivity contribution in [3.63, 3.8) is 0 Å². The van der Waals surface area contributed by atoms with E-state index in [0.29, 0.717) is 12.1 Å². The third kappa shape index (κ3) is 2.78. The van der Waals surface area contributed by atoms with Crippen LogP contribution in [-0.4, -0.2) is 12.1 Å². The molecule has 0 saturated heterocycles. The Labute approximate surface area is 76.9 Å². The zero-order valence-electron chi connectivity index (χ0n) is 8.47. The normalized spacial score (nSPS) is 22.0. The largest absolute Gasteiger partial charge is 0.312 e. The minimum atomic E-state index is 0.609. The Balaban J connectivity index is 2.32. The highest BCUT2D eigenvalue weighted by molar-refractivity contribution is 4.82. The first-order valence-corrected chi connectivity index (χ1v) is 5.29. The van der Waals surface area contributed by atoms with E-state index >= 15 is 0 Å². The van der Waals surface area contributed by atoms with Crippen LogP contribution < -0.4 is 5.32 Å². The first-order valence-electron chi connectivity index (χ1n) is 5.29. The lowest BCUT2D eigenvalue weighted by molar-refractivity contribution is 0.337. The van der Waals surface area contributed by atoms with Gasteiger partial charge in [-0.25, -0.2) is 0 Å². The Morgan fingerprint density at radius 2 is 1.92 bits per heavy atom. The predicted octanol–water partition coefficient (Wildman–Crippen LogP) is 2.77. The number of hydrogen-bond donors (Lipinski definition) is 1. The summed E-state index contributed by atoms with van der Waals surface area (Å²) in [4.78, 5) is 0. The molecule has 0 spiro atoms. The van der Waals surface area contributed by atoms with Crippen molar-refractivity contribution < 1.29 is 0 Å². The van der Waals surface area contributed by atoms with Gasteiger partial charge >= 0.3 is 0 Å². The Kier molecular flexibility index (Phi) is 4.07. The molecule has 1 N–H and O–H groups in total. The Hall–Kier alpha value is -0.0400. The van der Waals surface area contributed by atoms with E-state index in [4.69, 9.17) is 0 Å². The van der Waals surface area contributed by atoms with Crippen molar-refractivity contribution in [1.29, 1.82) is 0 Å². The van der Waals surface area contributed by atoms with Gasteiger partial charge in [-0.2, -0.15) is 0 Å². The number of nitrogens with one attached hydrogen (secondary N) is 1. The SMILES string of the molecule is [CH2]CC(NC(C)C)C1CCCC1. The van der Waals surface area contributed by atoms with Crippen LogP contribution in [-0.2, 0) is 0 Å². The standard InChI is InChI=1S/C11H22N/c1-4-11(12-9(2)3)10-7-5-6-8-10/h9-12H,1,4-8H2,2-3H3. The van der Waals surface area contributed by atoms with Crippen molar-refractivity contribution in [1.82, 2.24) is 5.32 Å². The smallest absolute Gasteiger partial charge is 0.00976 e. The van der Waals surface area contributed by atoms with Crippen molar-refractivity contribution in [3.05, 3.63) is 6.92 Å². The first-order chi connectivity index (χ1) is 5.74. The van der Waals surface area contributed by atoms with E-state index in [9.17, 15) is 0 Å². The Morgan fingerprint density at radius 3 is 2.33 bits per heavy atom. The Bertz CT molecular complexity index is 114. The van der Waals surface area contributed by atoms with Gasteiger partial charge < -0.3 is 5.32 Å². The van der Waals surface area contributed by atoms with Crippen molar-refractivity contribution in [2.75, 3.05) is 0 Å². The van der Waals surface area contributed by atoms with Gasteiger partial charge in [-0.3, -0.25) is 0 Å². The van der Waals surface area contributed by atoms with Crippen LogP contribution in [0.2, 0.25) is 0 Å². The van der Waals surface area contributed by atoms with Gasteiger partial charge in [0.1, 0.15) is 0 Å². The molecule has 1 fully saturated rings. The second-order valence-electron chi connectivity index (χ2n) is 4.26. The molecular weight excluding hydrogens is 146 g/mol. The van der Waals surface area contributed by atoms with Crippen LogP contribution >= 0.6 is 0 Å². The highest BCUT2D eigenvalue weighted by atomic mass is 14.9. The van der Waals surface area contributed by atoms with Gasteiger partial charge in [0.2, 0.25) is 0 Å². The molecule has 1 aliphatic rings.